The lowest BCUT2D eigenvalue weighted by Gasteiger charge is -2.02. The second-order valence-corrected chi connectivity index (χ2v) is 3.53. The van der Waals surface area contributed by atoms with Gasteiger partial charge in [-0.05, 0) is 0 Å². The van der Waals surface area contributed by atoms with E-state index in [1.807, 2.05) is 30.3 Å². The summed E-state index contributed by atoms with van der Waals surface area (Å²) in [6.07, 6.45) is 1.37. The number of carbonyl (C=O) groups excluding carboxylic acids is 1. The van der Waals surface area contributed by atoms with Gasteiger partial charge in [-0.15, -0.1) is 0 Å². The van der Waals surface area contributed by atoms with Crippen LogP contribution in [0, 0.1) is 0 Å². The first-order chi connectivity index (χ1) is 7.68. The molecule has 0 aliphatic carbocycles. The Morgan fingerprint density at radius 3 is 2.56 bits per heavy atom. The van der Waals surface area contributed by atoms with Crippen molar-refractivity contribution in [2.24, 2.45) is 5.73 Å². The predicted molar refractivity (Wildman–Crippen MR) is 61.0 cm³/mol. The zero-order valence-electron chi connectivity index (χ0n) is 8.22. The summed E-state index contributed by atoms with van der Waals surface area (Å²) in [5.41, 5.74) is 5.99. The van der Waals surface area contributed by atoms with Crippen LogP contribution in [0.3, 0.4) is 0 Å². The van der Waals surface area contributed by atoms with E-state index in [4.69, 9.17) is 17.3 Å². The zero-order valence-corrected chi connectivity index (χ0v) is 8.98. The van der Waals surface area contributed by atoms with Crippen LogP contribution in [-0.4, -0.2) is 15.9 Å². The van der Waals surface area contributed by atoms with Crippen molar-refractivity contribution in [3.8, 4) is 11.4 Å². The standard InChI is InChI=1S/C11H8ClN3O/c12-8-6-14-11(15-9(8)10(13)16)7-4-2-1-3-5-7/h1-6H,(H2,13,16). The fourth-order valence-corrected chi connectivity index (χ4v) is 1.45. The molecule has 2 rings (SSSR count). The van der Waals surface area contributed by atoms with Gasteiger partial charge in [0.1, 0.15) is 0 Å². The average Bonchev–Trinajstić information content (AvgIpc) is 2.30. The number of carbonyl (C=O) groups is 1. The number of primary amides is 1. The lowest BCUT2D eigenvalue weighted by Crippen LogP contribution is -2.14. The van der Waals surface area contributed by atoms with Crippen molar-refractivity contribution in [3.63, 3.8) is 0 Å². The molecule has 0 aliphatic heterocycles. The molecule has 0 aliphatic rings. The Hall–Kier alpha value is -1.94. The predicted octanol–water partition coefficient (Wildman–Crippen LogP) is 1.90. The van der Waals surface area contributed by atoms with Gasteiger partial charge >= 0.3 is 0 Å². The third-order valence-electron chi connectivity index (χ3n) is 2.01. The highest BCUT2D eigenvalue weighted by atomic mass is 35.5. The summed E-state index contributed by atoms with van der Waals surface area (Å²) in [6.45, 7) is 0. The highest BCUT2D eigenvalue weighted by Gasteiger charge is 2.11. The fraction of sp³-hybridized carbons (Fsp3) is 0. The van der Waals surface area contributed by atoms with Crippen LogP contribution >= 0.6 is 11.6 Å². The van der Waals surface area contributed by atoms with Crippen LogP contribution in [-0.2, 0) is 0 Å². The lowest BCUT2D eigenvalue weighted by atomic mass is 10.2. The number of hydrogen-bond donors (Lipinski definition) is 1. The zero-order chi connectivity index (χ0) is 11.5. The largest absolute Gasteiger partial charge is 0.364 e. The summed E-state index contributed by atoms with van der Waals surface area (Å²) in [5, 5.41) is 0.159. The summed E-state index contributed by atoms with van der Waals surface area (Å²) in [7, 11) is 0. The molecular weight excluding hydrogens is 226 g/mol. The molecule has 0 unspecified atom stereocenters. The molecule has 0 atom stereocenters. The summed E-state index contributed by atoms with van der Waals surface area (Å²) in [6, 6.07) is 9.28. The van der Waals surface area contributed by atoms with E-state index in [2.05, 4.69) is 9.97 Å². The van der Waals surface area contributed by atoms with Crippen LogP contribution in [0.1, 0.15) is 10.5 Å². The Kier molecular flexibility index (Phi) is 2.83. The normalized spacial score (nSPS) is 10.1. The minimum Gasteiger partial charge on any atom is -0.364 e. The number of aromatic nitrogens is 2. The van der Waals surface area contributed by atoms with Crippen molar-refractivity contribution in [1.29, 1.82) is 0 Å². The van der Waals surface area contributed by atoms with Gasteiger partial charge in [0.25, 0.3) is 5.91 Å². The third kappa shape index (κ3) is 2.01. The molecule has 1 amide bonds. The smallest absolute Gasteiger partial charge is 0.269 e. The van der Waals surface area contributed by atoms with Crippen molar-refractivity contribution in [1.82, 2.24) is 9.97 Å². The molecule has 80 valence electrons. The molecule has 2 aromatic rings. The molecule has 1 aromatic heterocycles. The quantitative estimate of drug-likeness (QED) is 0.861. The number of benzene rings is 1. The van der Waals surface area contributed by atoms with Gasteiger partial charge in [-0.25, -0.2) is 9.97 Å². The number of nitrogens with zero attached hydrogens (tertiary/aromatic N) is 2. The SMILES string of the molecule is NC(=O)c1nc(-c2ccccc2)ncc1Cl. The third-order valence-corrected chi connectivity index (χ3v) is 2.29. The van der Waals surface area contributed by atoms with Crippen molar-refractivity contribution in [2.45, 2.75) is 0 Å². The molecule has 1 heterocycles. The van der Waals surface area contributed by atoms with Gasteiger partial charge in [-0.2, -0.15) is 0 Å². The highest BCUT2D eigenvalue weighted by molar-refractivity contribution is 6.33. The van der Waals surface area contributed by atoms with Gasteiger partial charge in [-0.1, -0.05) is 41.9 Å². The van der Waals surface area contributed by atoms with Crippen molar-refractivity contribution < 1.29 is 4.79 Å². The first-order valence-corrected chi connectivity index (χ1v) is 4.94. The van der Waals surface area contributed by atoms with Crippen LogP contribution in [0.25, 0.3) is 11.4 Å². The molecule has 2 N–H and O–H groups in total. The molecule has 0 radical (unpaired) electrons. The van der Waals surface area contributed by atoms with E-state index in [0.717, 1.165) is 5.56 Å². The molecular formula is C11H8ClN3O. The molecule has 5 heteroatoms. The minimum atomic E-state index is -0.662. The van der Waals surface area contributed by atoms with Gasteiger partial charge in [0.05, 0.1) is 11.2 Å². The highest BCUT2D eigenvalue weighted by Crippen LogP contribution is 2.18. The van der Waals surface area contributed by atoms with Crippen molar-refractivity contribution in [2.75, 3.05) is 0 Å². The topological polar surface area (TPSA) is 68.9 Å². The first kappa shape index (κ1) is 10.6. The van der Waals surface area contributed by atoms with E-state index in [1.54, 1.807) is 0 Å². The van der Waals surface area contributed by atoms with Gasteiger partial charge < -0.3 is 5.73 Å². The summed E-state index contributed by atoms with van der Waals surface area (Å²) in [5.74, 6) is -0.233. The molecule has 0 saturated heterocycles. The van der Waals surface area contributed by atoms with Gasteiger partial charge in [0.15, 0.2) is 11.5 Å². The van der Waals surface area contributed by atoms with Crippen LogP contribution in [0.4, 0.5) is 0 Å². The molecule has 0 fully saturated rings. The van der Waals surface area contributed by atoms with Crippen LogP contribution in [0.5, 0.6) is 0 Å². The van der Waals surface area contributed by atoms with E-state index >= 15 is 0 Å². The van der Waals surface area contributed by atoms with Gasteiger partial charge in [0, 0.05) is 5.56 Å². The van der Waals surface area contributed by atoms with E-state index in [0.29, 0.717) is 5.82 Å². The molecule has 16 heavy (non-hydrogen) atoms. The Morgan fingerprint density at radius 2 is 1.94 bits per heavy atom. The lowest BCUT2D eigenvalue weighted by molar-refractivity contribution is 0.0995. The summed E-state index contributed by atoms with van der Waals surface area (Å²) in [4.78, 5) is 19.1. The molecule has 0 bridgehead atoms. The van der Waals surface area contributed by atoms with Crippen LogP contribution in [0.15, 0.2) is 36.5 Å². The van der Waals surface area contributed by atoms with Gasteiger partial charge in [0.2, 0.25) is 0 Å². The Balaban J connectivity index is 2.52. The van der Waals surface area contributed by atoms with Crippen molar-refractivity contribution >= 4 is 17.5 Å². The Morgan fingerprint density at radius 1 is 1.25 bits per heavy atom. The minimum absolute atomic E-state index is 0.0375. The second kappa shape index (κ2) is 4.28. The maximum Gasteiger partial charge on any atom is 0.269 e. The molecule has 4 nitrogen and oxygen atoms in total. The fourth-order valence-electron chi connectivity index (χ4n) is 1.27. The number of nitrogens with two attached hydrogens (primary N) is 1. The van der Waals surface area contributed by atoms with Crippen LogP contribution in [0.2, 0.25) is 5.02 Å². The Labute approximate surface area is 97.1 Å². The van der Waals surface area contributed by atoms with E-state index in [1.165, 1.54) is 6.20 Å². The van der Waals surface area contributed by atoms with E-state index in [-0.39, 0.29) is 10.7 Å². The van der Waals surface area contributed by atoms with E-state index in [9.17, 15) is 4.79 Å². The first-order valence-electron chi connectivity index (χ1n) is 4.56. The Bertz CT molecular complexity index is 528. The van der Waals surface area contributed by atoms with Crippen LogP contribution < -0.4 is 5.73 Å². The molecule has 0 spiro atoms. The van der Waals surface area contributed by atoms with E-state index < -0.39 is 5.91 Å². The van der Waals surface area contributed by atoms with Crippen molar-refractivity contribution in [3.05, 3.63) is 47.2 Å². The molecule has 1 aromatic carbocycles. The number of amides is 1. The average molecular weight is 234 g/mol. The number of hydrogen-bond acceptors (Lipinski definition) is 3. The number of rotatable bonds is 2. The second-order valence-electron chi connectivity index (χ2n) is 3.12. The monoisotopic (exact) mass is 233 g/mol. The number of halogens is 1. The molecule has 0 saturated carbocycles. The maximum absolute atomic E-state index is 11.1. The summed E-state index contributed by atoms with van der Waals surface area (Å²) < 4.78 is 0. The maximum atomic E-state index is 11.1. The van der Waals surface area contributed by atoms with Gasteiger partial charge in [-0.3, -0.25) is 4.79 Å². The summed E-state index contributed by atoms with van der Waals surface area (Å²) >= 11 is 5.75.